The molecule has 22 heavy (non-hydrogen) atoms. The maximum Gasteiger partial charge on any atom is 0.254 e. The van der Waals surface area contributed by atoms with E-state index in [-0.39, 0.29) is 11.7 Å². The van der Waals surface area contributed by atoms with Gasteiger partial charge in [-0.1, -0.05) is 6.07 Å². The lowest BCUT2D eigenvalue weighted by molar-refractivity contribution is 0.0954. The summed E-state index contributed by atoms with van der Waals surface area (Å²) in [6.45, 7) is 4.36. The molecule has 3 N–H and O–H groups in total. The normalized spacial score (nSPS) is 11.0. The third-order valence-electron chi connectivity index (χ3n) is 3.85. The maximum absolute atomic E-state index is 13.9. The summed E-state index contributed by atoms with van der Waals surface area (Å²) in [5.41, 5.74) is 4.03. The molecule has 5 nitrogen and oxygen atoms in total. The number of halogens is 1. The Morgan fingerprint density at radius 1 is 1.36 bits per heavy atom. The Morgan fingerprint density at radius 2 is 2.18 bits per heavy atom. The fourth-order valence-electron chi connectivity index (χ4n) is 2.73. The lowest BCUT2D eigenvalue weighted by Crippen LogP contribution is -2.25. The summed E-state index contributed by atoms with van der Waals surface area (Å²) in [5, 5.41) is 10.1. The van der Waals surface area contributed by atoms with Crippen molar-refractivity contribution in [2.75, 3.05) is 6.54 Å². The number of rotatable bonds is 4. The SMILES string of the molecule is Cc1[nH]c2c(F)ccc(C)c2c1CCNC(=O)c1cn[nH]c1. The van der Waals surface area contributed by atoms with Crippen LogP contribution in [0.3, 0.4) is 0 Å². The molecule has 0 saturated heterocycles. The van der Waals surface area contributed by atoms with Crippen LogP contribution in [0.5, 0.6) is 0 Å². The first-order valence-electron chi connectivity index (χ1n) is 7.11. The molecule has 3 aromatic rings. The highest BCUT2D eigenvalue weighted by atomic mass is 19.1. The summed E-state index contributed by atoms with van der Waals surface area (Å²) in [5.74, 6) is -0.425. The summed E-state index contributed by atoms with van der Waals surface area (Å²) in [6, 6.07) is 3.25. The Labute approximate surface area is 126 Å². The number of carbonyl (C=O) groups excluding carboxylic acids is 1. The van der Waals surface area contributed by atoms with Crippen LogP contribution in [-0.4, -0.2) is 27.6 Å². The molecule has 2 heterocycles. The number of fused-ring (bicyclic) bond motifs is 1. The minimum atomic E-state index is -0.252. The van der Waals surface area contributed by atoms with Gasteiger partial charge in [0.2, 0.25) is 0 Å². The number of amides is 1. The van der Waals surface area contributed by atoms with Crippen LogP contribution in [0.25, 0.3) is 10.9 Å². The van der Waals surface area contributed by atoms with Gasteiger partial charge < -0.3 is 10.3 Å². The molecular formula is C16H17FN4O. The van der Waals surface area contributed by atoms with E-state index in [0.29, 0.717) is 24.0 Å². The van der Waals surface area contributed by atoms with Crippen LogP contribution in [0.4, 0.5) is 4.39 Å². The van der Waals surface area contributed by atoms with Crippen molar-refractivity contribution in [3.05, 3.63) is 52.7 Å². The van der Waals surface area contributed by atoms with Gasteiger partial charge in [-0.15, -0.1) is 0 Å². The number of nitrogens with one attached hydrogen (secondary N) is 3. The van der Waals surface area contributed by atoms with Crippen LogP contribution in [0.1, 0.15) is 27.2 Å². The lowest BCUT2D eigenvalue weighted by atomic mass is 10.0. The second-order valence-corrected chi connectivity index (χ2v) is 5.34. The van der Waals surface area contributed by atoms with E-state index in [1.807, 2.05) is 13.8 Å². The number of hydrogen-bond donors (Lipinski definition) is 3. The number of benzene rings is 1. The third-order valence-corrected chi connectivity index (χ3v) is 3.85. The van der Waals surface area contributed by atoms with Crippen LogP contribution >= 0.6 is 0 Å². The Morgan fingerprint density at radius 3 is 2.91 bits per heavy atom. The summed E-state index contributed by atoms with van der Waals surface area (Å²) >= 11 is 0. The minimum Gasteiger partial charge on any atom is -0.356 e. The van der Waals surface area contributed by atoms with Crippen molar-refractivity contribution in [3.63, 3.8) is 0 Å². The largest absolute Gasteiger partial charge is 0.356 e. The highest BCUT2D eigenvalue weighted by Gasteiger charge is 2.14. The molecule has 2 aromatic heterocycles. The molecule has 0 aliphatic heterocycles. The summed E-state index contributed by atoms with van der Waals surface area (Å²) in [4.78, 5) is 15.0. The van der Waals surface area contributed by atoms with E-state index in [4.69, 9.17) is 0 Å². The third kappa shape index (κ3) is 2.47. The fourth-order valence-corrected chi connectivity index (χ4v) is 2.73. The molecule has 0 aliphatic rings. The standard InChI is InChI=1S/C16H17FN4O/c1-9-3-4-13(17)15-14(9)12(10(2)21-15)5-6-18-16(22)11-7-19-20-8-11/h3-4,7-8,21H,5-6H2,1-2H3,(H,18,22)(H,19,20). The second kappa shape index (κ2) is 5.63. The minimum absolute atomic E-state index is 0.172. The van der Waals surface area contributed by atoms with Crippen molar-refractivity contribution >= 4 is 16.8 Å². The van der Waals surface area contributed by atoms with Gasteiger partial charge in [0.25, 0.3) is 5.91 Å². The number of aromatic nitrogens is 3. The molecule has 0 bridgehead atoms. The van der Waals surface area contributed by atoms with Crippen LogP contribution in [0, 0.1) is 19.7 Å². The molecule has 0 saturated carbocycles. The molecule has 0 fully saturated rings. The molecule has 0 aliphatic carbocycles. The van der Waals surface area contributed by atoms with E-state index in [1.165, 1.54) is 12.3 Å². The zero-order chi connectivity index (χ0) is 15.7. The van der Waals surface area contributed by atoms with Crippen LogP contribution < -0.4 is 5.32 Å². The first kappa shape index (κ1) is 14.3. The van der Waals surface area contributed by atoms with Gasteiger partial charge in [0.05, 0.1) is 17.3 Å². The van der Waals surface area contributed by atoms with Crippen molar-refractivity contribution in [2.45, 2.75) is 20.3 Å². The molecule has 6 heteroatoms. The van der Waals surface area contributed by atoms with Crippen LogP contribution in [0.15, 0.2) is 24.5 Å². The topological polar surface area (TPSA) is 73.6 Å². The van der Waals surface area contributed by atoms with Gasteiger partial charge in [0.1, 0.15) is 5.82 Å². The van der Waals surface area contributed by atoms with Crippen molar-refractivity contribution in [1.29, 1.82) is 0 Å². The molecule has 0 atom stereocenters. The average molecular weight is 300 g/mol. The molecule has 3 rings (SSSR count). The summed E-state index contributed by atoms with van der Waals surface area (Å²) in [6.07, 6.45) is 3.66. The van der Waals surface area contributed by atoms with E-state index in [0.717, 1.165) is 22.2 Å². The van der Waals surface area contributed by atoms with Crippen molar-refractivity contribution in [3.8, 4) is 0 Å². The van der Waals surface area contributed by atoms with Gasteiger partial charge in [-0.25, -0.2) is 4.39 Å². The van der Waals surface area contributed by atoms with Gasteiger partial charge in [0, 0.05) is 23.8 Å². The van der Waals surface area contributed by atoms with Gasteiger partial charge in [-0.2, -0.15) is 5.10 Å². The van der Waals surface area contributed by atoms with E-state index >= 15 is 0 Å². The molecule has 1 aromatic carbocycles. The smallest absolute Gasteiger partial charge is 0.254 e. The summed E-state index contributed by atoms with van der Waals surface area (Å²) < 4.78 is 13.9. The Bertz CT molecular complexity index is 820. The molecule has 1 amide bonds. The van der Waals surface area contributed by atoms with Gasteiger partial charge >= 0.3 is 0 Å². The Hall–Kier alpha value is -2.63. The highest BCUT2D eigenvalue weighted by molar-refractivity contribution is 5.93. The van der Waals surface area contributed by atoms with Gasteiger partial charge in [-0.05, 0) is 37.5 Å². The fraction of sp³-hybridized carbons (Fsp3) is 0.250. The monoisotopic (exact) mass is 300 g/mol. The maximum atomic E-state index is 13.9. The van der Waals surface area contributed by atoms with Crippen LogP contribution in [-0.2, 0) is 6.42 Å². The van der Waals surface area contributed by atoms with Crippen molar-refractivity contribution < 1.29 is 9.18 Å². The lowest BCUT2D eigenvalue weighted by Gasteiger charge is -2.06. The first-order valence-corrected chi connectivity index (χ1v) is 7.11. The average Bonchev–Trinajstić information content (AvgIpc) is 3.12. The van der Waals surface area contributed by atoms with Crippen LogP contribution in [0.2, 0.25) is 0 Å². The van der Waals surface area contributed by atoms with E-state index in [1.54, 1.807) is 12.3 Å². The van der Waals surface area contributed by atoms with E-state index in [2.05, 4.69) is 20.5 Å². The molecule has 0 radical (unpaired) electrons. The zero-order valence-corrected chi connectivity index (χ0v) is 12.5. The Balaban J connectivity index is 1.78. The van der Waals surface area contributed by atoms with Gasteiger partial charge in [0.15, 0.2) is 0 Å². The number of aryl methyl sites for hydroxylation is 2. The quantitative estimate of drug-likeness (QED) is 0.693. The Kier molecular flexibility index (Phi) is 3.66. The van der Waals surface area contributed by atoms with Crippen molar-refractivity contribution in [1.82, 2.24) is 20.5 Å². The van der Waals surface area contributed by atoms with Gasteiger partial charge in [-0.3, -0.25) is 9.89 Å². The van der Waals surface area contributed by atoms with Crippen molar-refractivity contribution in [2.24, 2.45) is 0 Å². The first-order chi connectivity index (χ1) is 10.6. The zero-order valence-electron chi connectivity index (χ0n) is 12.5. The number of carbonyl (C=O) groups is 1. The number of hydrogen-bond acceptors (Lipinski definition) is 2. The van der Waals surface area contributed by atoms with E-state index < -0.39 is 0 Å². The molecule has 0 spiro atoms. The predicted octanol–water partition coefficient (Wildman–Crippen LogP) is 2.62. The molecule has 114 valence electrons. The predicted molar refractivity (Wildman–Crippen MR) is 82.4 cm³/mol. The molecular weight excluding hydrogens is 283 g/mol. The number of aromatic amines is 2. The number of nitrogens with zero attached hydrogens (tertiary/aromatic N) is 1. The molecule has 0 unspecified atom stereocenters. The number of H-pyrrole nitrogens is 2. The van der Waals surface area contributed by atoms with E-state index in [9.17, 15) is 9.18 Å². The summed E-state index contributed by atoms with van der Waals surface area (Å²) in [7, 11) is 0. The second-order valence-electron chi connectivity index (χ2n) is 5.34. The highest BCUT2D eigenvalue weighted by Crippen LogP contribution is 2.27.